The maximum Gasteiger partial charge on any atom is 0.176 e. The number of nitrogens with zero attached hydrogens (tertiary/aromatic N) is 1. The number of nitrogens with one attached hydrogen (secondary N) is 1. The lowest BCUT2D eigenvalue weighted by Gasteiger charge is -2.13. The Morgan fingerprint density at radius 3 is 2.60 bits per heavy atom. The second-order valence-corrected chi connectivity index (χ2v) is 6.36. The van der Waals surface area contributed by atoms with Crippen LogP contribution in [0.2, 0.25) is 0 Å². The Balaban J connectivity index is 2.53. The molecule has 1 heterocycles. The highest BCUT2D eigenvalue weighted by Crippen LogP contribution is 2.40. The smallest absolute Gasteiger partial charge is 0.176 e. The predicted octanol–water partition coefficient (Wildman–Crippen LogP) is 1.74. The molecule has 1 atom stereocenters. The fraction of sp³-hybridized carbons (Fsp3) is 0.182. The van der Waals surface area contributed by atoms with Crippen LogP contribution < -0.4 is 10.9 Å². The van der Waals surface area contributed by atoms with Crippen LogP contribution in [-0.4, -0.2) is 16.1 Å². The van der Waals surface area contributed by atoms with Gasteiger partial charge in [0.15, 0.2) is 12.7 Å². The molecule has 1 unspecified atom stereocenters. The average Bonchev–Trinajstić information content (AvgIpc) is 2.83. The Labute approximate surface area is 88.9 Å². The molecular weight excluding hydrogens is 207 g/mol. The van der Waals surface area contributed by atoms with Crippen molar-refractivity contribution >= 4 is 18.0 Å². The van der Waals surface area contributed by atoms with E-state index in [1.807, 2.05) is 37.3 Å². The van der Waals surface area contributed by atoms with Gasteiger partial charge >= 0.3 is 0 Å². The molecule has 78 valence electrons. The Bertz CT molecular complexity index is 465. The molecule has 0 aliphatic rings. The lowest BCUT2D eigenvalue weighted by atomic mass is 10.4. The highest BCUT2D eigenvalue weighted by atomic mass is 31.2. The molecule has 2 rings (SSSR count). The Morgan fingerprint density at radius 1 is 1.33 bits per heavy atom. The molecule has 1 aromatic heterocycles. The van der Waals surface area contributed by atoms with Crippen LogP contribution in [0, 0.1) is 0 Å². The van der Waals surface area contributed by atoms with Crippen LogP contribution in [0.3, 0.4) is 0 Å². The van der Waals surface area contributed by atoms with Gasteiger partial charge in [0.25, 0.3) is 0 Å². The summed E-state index contributed by atoms with van der Waals surface area (Å²) in [6, 6.07) is 9.52. The molecule has 0 aliphatic carbocycles. The summed E-state index contributed by atoms with van der Waals surface area (Å²) in [6.07, 6.45) is 3.94. The SMILES string of the molecule is CCP(=O)(c1ccccc1)c1ncc[nH]1. The van der Waals surface area contributed by atoms with Crippen LogP contribution in [0.25, 0.3) is 0 Å². The molecule has 0 fully saturated rings. The third-order valence-electron chi connectivity index (χ3n) is 2.44. The van der Waals surface area contributed by atoms with Gasteiger partial charge in [-0.25, -0.2) is 4.98 Å². The summed E-state index contributed by atoms with van der Waals surface area (Å²) in [4.78, 5) is 7.07. The van der Waals surface area contributed by atoms with Gasteiger partial charge in [0.05, 0.1) is 0 Å². The van der Waals surface area contributed by atoms with Crippen LogP contribution in [-0.2, 0) is 4.57 Å². The van der Waals surface area contributed by atoms with Crippen LogP contribution >= 0.6 is 7.14 Å². The molecule has 0 radical (unpaired) electrons. The second-order valence-electron chi connectivity index (χ2n) is 3.30. The van der Waals surface area contributed by atoms with E-state index in [4.69, 9.17) is 0 Å². The number of hydrogen-bond donors (Lipinski definition) is 1. The van der Waals surface area contributed by atoms with Gasteiger partial charge < -0.3 is 9.55 Å². The summed E-state index contributed by atoms with van der Waals surface area (Å²) in [7, 11) is -2.52. The standard InChI is InChI=1S/C11H13N2OP/c1-2-15(14,11-12-8-9-13-11)10-6-4-3-5-7-10/h3-9H,2H2,1H3,(H,12,13). The molecule has 1 aromatic carbocycles. The van der Waals surface area contributed by atoms with Crippen LogP contribution in [0.4, 0.5) is 0 Å². The van der Waals surface area contributed by atoms with Gasteiger partial charge in [0.2, 0.25) is 0 Å². The number of aromatic amines is 1. The van der Waals surface area contributed by atoms with Gasteiger partial charge in [-0.15, -0.1) is 0 Å². The summed E-state index contributed by atoms with van der Waals surface area (Å²) in [5.41, 5.74) is 0.594. The van der Waals surface area contributed by atoms with Gasteiger partial charge in [0, 0.05) is 23.9 Å². The molecular formula is C11H13N2OP. The van der Waals surface area contributed by atoms with Gasteiger partial charge in [0.1, 0.15) is 0 Å². The Kier molecular flexibility index (Phi) is 2.74. The third-order valence-corrected chi connectivity index (χ3v) is 5.40. The fourth-order valence-electron chi connectivity index (χ4n) is 1.58. The van der Waals surface area contributed by atoms with Crippen molar-refractivity contribution < 1.29 is 4.57 Å². The van der Waals surface area contributed by atoms with E-state index >= 15 is 0 Å². The molecule has 0 amide bonds. The number of aromatic nitrogens is 2. The van der Waals surface area contributed by atoms with Crippen molar-refractivity contribution in [1.82, 2.24) is 9.97 Å². The van der Waals surface area contributed by atoms with Crippen LogP contribution in [0.15, 0.2) is 42.7 Å². The van der Waals surface area contributed by atoms with Crippen molar-refractivity contribution in [2.75, 3.05) is 6.16 Å². The summed E-state index contributed by atoms with van der Waals surface area (Å²) >= 11 is 0. The molecule has 0 saturated carbocycles. The quantitative estimate of drug-likeness (QED) is 0.801. The summed E-state index contributed by atoms with van der Waals surface area (Å²) in [5.74, 6) is 0. The highest BCUT2D eigenvalue weighted by molar-refractivity contribution is 7.78. The molecule has 1 N–H and O–H groups in total. The molecule has 15 heavy (non-hydrogen) atoms. The van der Waals surface area contributed by atoms with E-state index in [-0.39, 0.29) is 0 Å². The average molecular weight is 220 g/mol. The molecule has 3 nitrogen and oxygen atoms in total. The second kappa shape index (κ2) is 4.03. The Hall–Kier alpha value is -1.34. The topological polar surface area (TPSA) is 45.8 Å². The number of H-pyrrole nitrogens is 1. The zero-order valence-corrected chi connectivity index (χ0v) is 9.45. The normalized spacial score (nSPS) is 14.7. The summed E-state index contributed by atoms with van der Waals surface area (Å²) < 4.78 is 12.8. The number of benzene rings is 1. The van der Waals surface area contributed by atoms with E-state index < -0.39 is 7.14 Å². The highest BCUT2D eigenvalue weighted by Gasteiger charge is 2.27. The van der Waals surface area contributed by atoms with E-state index in [0.717, 1.165) is 5.30 Å². The van der Waals surface area contributed by atoms with Crippen molar-refractivity contribution in [3.63, 3.8) is 0 Å². The van der Waals surface area contributed by atoms with Crippen LogP contribution in [0.5, 0.6) is 0 Å². The number of rotatable bonds is 3. The fourth-order valence-corrected chi connectivity index (χ4v) is 3.68. The van der Waals surface area contributed by atoms with Crippen molar-refractivity contribution in [2.24, 2.45) is 0 Å². The molecule has 0 aliphatic heterocycles. The first-order valence-electron chi connectivity index (χ1n) is 4.92. The maximum atomic E-state index is 12.8. The van der Waals surface area contributed by atoms with Crippen molar-refractivity contribution in [3.8, 4) is 0 Å². The maximum absolute atomic E-state index is 12.8. The first kappa shape index (κ1) is 10.2. The third kappa shape index (κ3) is 1.75. The minimum Gasteiger partial charge on any atom is -0.342 e. The summed E-state index contributed by atoms with van der Waals surface area (Å²) in [5, 5.41) is 0.863. The van der Waals surface area contributed by atoms with E-state index in [0.29, 0.717) is 11.7 Å². The Morgan fingerprint density at radius 2 is 2.07 bits per heavy atom. The number of imidazole rings is 1. The number of hydrogen-bond acceptors (Lipinski definition) is 2. The van der Waals surface area contributed by atoms with Gasteiger partial charge in [-0.05, 0) is 0 Å². The van der Waals surface area contributed by atoms with Gasteiger partial charge in [-0.2, -0.15) is 0 Å². The van der Waals surface area contributed by atoms with E-state index in [2.05, 4.69) is 9.97 Å². The van der Waals surface area contributed by atoms with Crippen molar-refractivity contribution in [3.05, 3.63) is 42.7 Å². The first-order chi connectivity index (χ1) is 7.27. The summed E-state index contributed by atoms with van der Waals surface area (Å²) in [6.45, 7) is 1.93. The van der Waals surface area contributed by atoms with Crippen LogP contribution in [0.1, 0.15) is 6.92 Å². The zero-order valence-electron chi connectivity index (χ0n) is 8.55. The zero-order chi connectivity index (χ0) is 10.7. The molecule has 0 spiro atoms. The van der Waals surface area contributed by atoms with Gasteiger partial charge in [-0.1, -0.05) is 37.3 Å². The lowest BCUT2D eigenvalue weighted by molar-refractivity contribution is 0.586. The molecule has 2 aromatic rings. The molecule has 0 saturated heterocycles. The van der Waals surface area contributed by atoms with E-state index in [1.165, 1.54) is 0 Å². The van der Waals surface area contributed by atoms with Crippen molar-refractivity contribution in [1.29, 1.82) is 0 Å². The molecule has 4 heteroatoms. The largest absolute Gasteiger partial charge is 0.342 e. The minimum atomic E-state index is -2.52. The van der Waals surface area contributed by atoms with Gasteiger partial charge in [-0.3, -0.25) is 0 Å². The predicted molar refractivity (Wildman–Crippen MR) is 62.4 cm³/mol. The minimum absolute atomic E-state index is 0.588. The monoisotopic (exact) mass is 220 g/mol. The first-order valence-corrected chi connectivity index (χ1v) is 6.81. The van der Waals surface area contributed by atoms with Crippen molar-refractivity contribution in [2.45, 2.75) is 6.92 Å². The van der Waals surface area contributed by atoms with E-state index in [9.17, 15) is 4.57 Å². The van der Waals surface area contributed by atoms with E-state index in [1.54, 1.807) is 12.4 Å². The lowest BCUT2D eigenvalue weighted by Crippen LogP contribution is -2.20. The molecule has 0 bridgehead atoms.